The van der Waals surface area contributed by atoms with Gasteiger partial charge in [0.1, 0.15) is 0 Å². The van der Waals surface area contributed by atoms with E-state index in [2.05, 4.69) is 24.1 Å². The van der Waals surface area contributed by atoms with Gasteiger partial charge in [-0.2, -0.15) is 0 Å². The van der Waals surface area contributed by atoms with Crippen molar-refractivity contribution >= 4 is 11.6 Å². The summed E-state index contributed by atoms with van der Waals surface area (Å²) < 4.78 is 5.35. The number of carbonyl (C=O) groups is 1. The van der Waals surface area contributed by atoms with Crippen molar-refractivity contribution in [2.24, 2.45) is 0 Å². The minimum atomic E-state index is 0.0206. The van der Waals surface area contributed by atoms with Gasteiger partial charge in [0, 0.05) is 30.4 Å². The molecule has 4 nitrogen and oxygen atoms in total. The van der Waals surface area contributed by atoms with Crippen LogP contribution in [-0.4, -0.2) is 38.3 Å². The number of nitrogens with one attached hydrogen (secondary N) is 1. The number of amides is 1. The number of rotatable bonds is 5. The number of hydrogen-bond acceptors (Lipinski definition) is 3. The van der Waals surface area contributed by atoms with Crippen LogP contribution in [0.2, 0.25) is 0 Å². The number of carbonyl (C=O) groups excluding carboxylic acids is 1. The predicted molar refractivity (Wildman–Crippen MR) is 81.3 cm³/mol. The van der Waals surface area contributed by atoms with Gasteiger partial charge >= 0.3 is 0 Å². The smallest absolute Gasteiger partial charge is 0.251 e. The number of anilines is 1. The highest BCUT2D eigenvalue weighted by Crippen LogP contribution is 2.16. The zero-order valence-electron chi connectivity index (χ0n) is 12.4. The lowest BCUT2D eigenvalue weighted by Gasteiger charge is -2.28. The summed E-state index contributed by atoms with van der Waals surface area (Å²) in [6.07, 6.45) is 1.93. The molecule has 1 amide bonds. The third kappa shape index (κ3) is 3.73. The van der Waals surface area contributed by atoms with Crippen molar-refractivity contribution in [1.82, 2.24) is 5.32 Å². The summed E-state index contributed by atoms with van der Waals surface area (Å²) in [5.74, 6) is 0.0206. The molecule has 0 aliphatic carbocycles. The van der Waals surface area contributed by atoms with Crippen LogP contribution in [0.5, 0.6) is 0 Å². The van der Waals surface area contributed by atoms with Crippen LogP contribution in [0.4, 0.5) is 5.69 Å². The second-order valence-corrected chi connectivity index (χ2v) is 5.13. The molecule has 0 atom stereocenters. The summed E-state index contributed by atoms with van der Waals surface area (Å²) in [4.78, 5) is 14.4. The van der Waals surface area contributed by atoms with Crippen molar-refractivity contribution < 1.29 is 9.53 Å². The lowest BCUT2D eigenvalue weighted by molar-refractivity contribution is 0.0935. The molecule has 1 aromatic carbocycles. The average Bonchev–Trinajstić information content (AvgIpc) is 2.53. The molecule has 110 valence electrons. The second kappa shape index (κ2) is 7.29. The van der Waals surface area contributed by atoms with Gasteiger partial charge in [0.15, 0.2) is 0 Å². The predicted octanol–water partition coefficient (Wildman–Crippen LogP) is 2.44. The Balaban J connectivity index is 1.98. The number of benzene rings is 1. The fourth-order valence-electron chi connectivity index (χ4n) is 2.41. The van der Waals surface area contributed by atoms with Crippen LogP contribution >= 0.6 is 0 Å². The van der Waals surface area contributed by atoms with Gasteiger partial charge in [0.25, 0.3) is 5.91 Å². The van der Waals surface area contributed by atoms with E-state index in [0.29, 0.717) is 0 Å². The van der Waals surface area contributed by atoms with E-state index >= 15 is 0 Å². The van der Waals surface area contributed by atoms with Gasteiger partial charge in [-0.05, 0) is 37.1 Å². The van der Waals surface area contributed by atoms with E-state index in [4.69, 9.17) is 4.74 Å². The van der Waals surface area contributed by atoms with Crippen molar-refractivity contribution in [3.05, 3.63) is 29.8 Å². The first-order valence-corrected chi connectivity index (χ1v) is 7.48. The number of ether oxygens (including phenoxy) is 1. The van der Waals surface area contributed by atoms with Gasteiger partial charge in [-0.3, -0.25) is 4.79 Å². The summed E-state index contributed by atoms with van der Waals surface area (Å²) in [5.41, 5.74) is 1.89. The highest BCUT2D eigenvalue weighted by molar-refractivity contribution is 5.94. The molecule has 1 heterocycles. The Kier molecular flexibility index (Phi) is 5.41. The minimum absolute atomic E-state index is 0.0206. The Hall–Kier alpha value is -1.55. The van der Waals surface area contributed by atoms with Gasteiger partial charge < -0.3 is 15.0 Å². The third-order valence-corrected chi connectivity index (χ3v) is 3.83. The lowest BCUT2D eigenvalue weighted by atomic mass is 10.1. The van der Waals surface area contributed by atoms with Crippen LogP contribution < -0.4 is 10.2 Å². The summed E-state index contributed by atoms with van der Waals surface area (Å²) in [6.45, 7) is 7.57. The zero-order valence-corrected chi connectivity index (χ0v) is 12.4. The molecule has 0 aromatic heterocycles. The van der Waals surface area contributed by atoms with E-state index in [-0.39, 0.29) is 11.9 Å². The summed E-state index contributed by atoms with van der Waals surface area (Å²) >= 11 is 0. The molecule has 1 aliphatic rings. The Morgan fingerprint density at radius 2 is 1.80 bits per heavy atom. The Morgan fingerprint density at radius 3 is 2.35 bits per heavy atom. The van der Waals surface area contributed by atoms with E-state index in [0.717, 1.165) is 50.4 Å². The molecule has 0 radical (unpaired) electrons. The highest BCUT2D eigenvalue weighted by atomic mass is 16.5. The van der Waals surface area contributed by atoms with Crippen LogP contribution in [0, 0.1) is 0 Å². The molecule has 0 spiro atoms. The number of hydrogen-bond donors (Lipinski definition) is 1. The van der Waals surface area contributed by atoms with E-state index < -0.39 is 0 Å². The SMILES string of the molecule is CCC(CC)NC(=O)c1ccc(N2CCOCC2)cc1. The molecule has 0 unspecified atom stereocenters. The highest BCUT2D eigenvalue weighted by Gasteiger charge is 2.13. The molecule has 0 bridgehead atoms. The van der Waals surface area contributed by atoms with Crippen LogP contribution in [0.15, 0.2) is 24.3 Å². The number of nitrogens with zero attached hydrogens (tertiary/aromatic N) is 1. The normalized spacial score (nSPS) is 15.4. The maximum absolute atomic E-state index is 12.1. The van der Waals surface area contributed by atoms with Crippen molar-refractivity contribution in [1.29, 1.82) is 0 Å². The van der Waals surface area contributed by atoms with Gasteiger partial charge in [0.05, 0.1) is 13.2 Å². The third-order valence-electron chi connectivity index (χ3n) is 3.83. The molecular weight excluding hydrogens is 252 g/mol. The first-order chi connectivity index (χ1) is 9.74. The maximum Gasteiger partial charge on any atom is 0.251 e. The maximum atomic E-state index is 12.1. The molecular formula is C16H24N2O2. The van der Waals surface area contributed by atoms with Crippen LogP contribution in [-0.2, 0) is 4.74 Å². The van der Waals surface area contributed by atoms with E-state index in [9.17, 15) is 4.79 Å². The Labute approximate surface area is 121 Å². The van der Waals surface area contributed by atoms with Gasteiger partial charge in [-0.1, -0.05) is 13.8 Å². The quantitative estimate of drug-likeness (QED) is 0.898. The minimum Gasteiger partial charge on any atom is -0.378 e. The summed E-state index contributed by atoms with van der Waals surface area (Å²) in [5, 5.41) is 3.06. The first-order valence-electron chi connectivity index (χ1n) is 7.48. The molecule has 1 N–H and O–H groups in total. The molecule has 1 saturated heterocycles. The number of morpholine rings is 1. The molecule has 1 fully saturated rings. The molecule has 4 heteroatoms. The zero-order chi connectivity index (χ0) is 14.4. The summed E-state index contributed by atoms with van der Waals surface area (Å²) in [6, 6.07) is 8.12. The first kappa shape index (κ1) is 14.9. The van der Waals surface area contributed by atoms with Crippen molar-refractivity contribution in [2.75, 3.05) is 31.2 Å². The van der Waals surface area contributed by atoms with Crippen molar-refractivity contribution in [3.8, 4) is 0 Å². The lowest BCUT2D eigenvalue weighted by Crippen LogP contribution is -2.36. The van der Waals surface area contributed by atoms with Crippen molar-refractivity contribution in [3.63, 3.8) is 0 Å². The van der Waals surface area contributed by atoms with E-state index in [1.807, 2.05) is 24.3 Å². The average molecular weight is 276 g/mol. The standard InChI is InChI=1S/C16H24N2O2/c1-3-14(4-2)17-16(19)13-5-7-15(8-6-13)18-9-11-20-12-10-18/h5-8,14H,3-4,9-12H2,1-2H3,(H,17,19). The van der Waals surface area contributed by atoms with Crippen LogP contribution in [0.3, 0.4) is 0 Å². The molecule has 2 rings (SSSR count). The van der Waals surface area contributed by atoms with Gasteiger partial charge in [-0.25, -0.2) is 0 Å². The fourth-order valence-corrected chi connectivity index (χ4v) is 2.41. The van der Waals surface area contributed by atoms with Crippen LogP contribution in [0.1, 0.15) is 37.0 Å². The second-order valence-electron chi connectivity index (χ2n) is 5.13. The van der Waals surface area contributed by atoms with E-state index in [1.54, 1.807) is 0 Å². The van der Waals surface area contributed by atoms with Gasteiger partial charge in [0.2, 0.25) is 0 Å². The van der Waals surface area contributed by atoms with E-state index in [1.165, 1.54) is 0 Å². The monoisotopic (exact) mass is 276 g/mol. The molecule has 0 saturated carbocycles. The van der Waals surface area contributed by atoms with Crippen LogP contribution in [0.25, 0.3) is 0 Å². The van der Waals surface area contributed by atoms with Gasteiger partial charge in [-0.15, -0.1) is 0 Å². The largest absolute Gasteiger partial charge is 0.378 e. The molecule has 1 aromatic rings. The molecule has 1 aliphatic heterocycles. The Bertz CT molecular complexity index is 421. The fraction of sp³-hybridized carbons (Fsp3) is 0.562. The topological polar surface area (TPSA) is 41.6 Å². The Morgan fingerprint density at radius 1 is 1.20 bits per heavy atom. The van der Waals surface area contributed by atoms with Crippen molar-refractivity contribution in [2.45, 2.75) is 32.7 Å². The molecule has 20 heavy (non-hydrogen) atoms. The summed E-state index contributed by atoms with van der Waals surface area (Å²) in [7, 11) is 0.